The molecular weight excluding hydrogens is 625 g/mol. The fourth-order valence-electron chi connectivity index (χ4n) is 6.28. The van der Waals surface area contributed by atoms with E-state index in [9.17, 15) is 9.59 Å². The van der Waals surface area contributed by atoms with E-state index in [1.165, 1.54) is 68.1 Å². The van der Waals surface area contributed by atoms with Crippen molar-refractivity contribution in [3.63, 3.8) is 0 Å². The third kappa shape index (κ3) is 14.0. The molecule has 48 heavy (non-hydrogen) atoms. The average Bonchev–Trinajstić information content (AvgIpc) is 2.97. The average molecular weight is 685 g/mol. The number of carbonyl (C=O) groups excluding carboxylic acids is 2. The third-order valence-electron chi connectivity index (χ3n) is 9.24. The summed E-state index contributed by atoms with van der Waals surface area (Å²) in [6.45, 7) is 25.4. The van der Waals surface area contributed by atoms with Crippen molar-refractivity contribution in [2.45, 2.75) is 119 Å². The van der Waals surface area contributed by atoms with E-state index in [1.807, 2.05) is 0 Å². The van der Waals surface area contributed by atoms with Crippen LogP contribution in [-0.2, 0) is 9.59 Å². The first kappa shape index (κ1) is 41.4. The second-order valence-corrected chi connectivity index (χ2v) is 17.4. The molecule has 0 radical (unpaired) electrons. The third-order valence-corrected chi connectivity index (χ3v) is 11.7. The molecule has 0 heterocycles. The molecule has 2 rings (SSSR count). The molecule has 0 N–H and O–H groups in total. The second kappa shape index (κ2) is 19.4. The van der Waals surface area contributed by atoms with Crippen molar-refractivity contribution in [3.05, 3.63) is 130 Å². The first-order valence-electron chi connectivity index (χ1n) is 17.3. The summed E-state index contributed by atoms with van der Waals surface area (Å²) in [5.41, 5.74) is 10.4. The summed E-state index contributed by atoms with van der Waals surface area (Å²) in [5, 5.41) is 0.973. The van der Waals surface area contributed by atoms with Crippen LogP contribution >= 0.6 is 23.5 Å². The van der Waals surface area contributed by atoms with Gasteiger partial charge in [-0.05, 0) is 89.2 Å². The van der Waals surface area contributed by atoms with Crippen LogP contribution in [0.3, 0.4) is 0 Å². The minimum absolute atomic E-state index is 0.123. The van der Waals surface area contributed by atoms with E-state index in [0.29, 0.717) is 10.5 Å². The molecule has 0 saturated carbocycles. The molecule has 260 valence electrons. The van der Waals surface area contributed by atoms with Gasteiger partial charge in [0.25, 0.3) is 0 Å². The number of hydrogen-bond donors (Lipinski definition) is 0. The Morgan fingerprint density at radius 1 is 0.542 bits per heavy atom. The fraction of sp³-hybridized carbons (Fsp3) is 0.455. The van der Waals surface area contributed by atoms with Crippen LogP contribution in [0.4, 0.5) is 0 Å². The summed E-state index contributed by atoms with van der Waals surface area (Å²) in [6, 6.07) is 0. The molecule has 2 aliphatic rings. The summed E-state index contributed by atoms with van der Waals surface area (Å²) >= 11 is 2.94. The van der Waals surface area contributed by atoms with Crippen LogP contribution in [0.15, 0.2) is 130 Å². The summed E-state index contributed by atoms with van der Waals surface area (Å²) in [6.07, 6.45) is 34.3. The molecule has 2 unspecified atom stereocenters. The number of hydrogen-bond acceptors (Lipinski definition) is 4. The predicted octanol–water partition coefficient (Wildman–Crippen LogP) is 13.1. The van der Waals surface area contributed by atoms with E-state index in [4.69, 9.17) is 0 Å². The normalized spacial score (nSPS) is 23.2. The van der Waals surface area contributed by atoms with Crippen LogP contribution in [0, 0.1) is 10.8 Å². The highest BCUT2D eigenvalue weighted by Gasteiger charge is 2.33. The van der Waals surface area contributed by atoms with E-state index >= 15 is 0 Å². The summed E-state index contributed by atoms with van der Waals surface area (Å²) in [4.78, 5) is 23.4. The van der Waals surface area contributed by atoms with Gasteiger partial charge < -0.3 is 0 Å². The van der Waals surface area contributed by atoms with Gasteiger partial charge in [-0.3, -0.25) is 9.59 Å². The lowest BCUT2D eigenvalue weighted by atomic mass is 9.72. The molecule has 0 aromatic rings. The molecule has 0 aromatic carbocycles. The Balaban J connectivity index is 1.97. The summed E-state index contributed by atoms with van der Waals surface area (Å²) in [5.74, 6) is 0. The van der Waals surface area contributed by atoms with Gasteiger partial charge in [-0.1, -0.05) is 170 Å². The van der Waals surface area contributed by atoms with Crippen molar-refractivity contribution >= 4 is 33.8 Å². The van der Waals surface area contributed by atoms with Crippen LogP contribution < -0.4 is 0 Å². The SMILES string of the molecule is CC(=O)SC1CCC(C)(C)C(/C=C/C(C)=C\C=C\C(C)=C\C=C\C=C(C)\C=C\C=C(C)\C=C\C2=C(C)C(SC(C)=O)CCC2(C)C)=C1C. The minimum atomic E-state index is 0.123. The van der Waals surface area contributed by atoms with E-state index in [0.717, 1.165) is 25.7 Å². The number of rotatable bonds is 12. The second-order valence-electron chi connectivity index (χ2n) is 14.6. The molecule has 2 atom stereocenters. The molecule has 0 aromatic heterocycles. The Bertz CT molecular complexity index is 1410. The number of allylic oxidation sites excluding steroid dienone is 20. The van der Waals surface area contributed by atoms with Crippen molar-refractivity contribution < 1.29 is 9.59 Å². The highest BCUT2D eigenvalue weighted by Crippen LogP contribution is 2.46. The van der Waals surface area contributed by atoms with Crippen molar-refractivity contribution in [2.24, 2.45) is 10.8 Å². The van der Waals surface area contributed by atoms with Gasteiger partial charge in [0, 0.05) is 24.3 Å². The van der Waals surface area contributed by atoms with Gasteiger partial charge in [0.05, 0.1) is 0 Å². The van der Waals surface area contributed by atoms with Crippen LogP contribution in [0.5, 0.6) is 0 Å². The maximum Gasteiger partial charge on any atom is 0.186 e. The van der Waals surface area contributed by atoms with E-state index in [-0.39, 0.29) is 21.1 Å². The molecule has 0 amide bonds. The van der Waals surface area contributed by atoms with Gasteiger partial charge in [0.1, 0.15) is 0 Å². The van der Waals surface area contributed by atoms with E-state index in [1.54, 1.807) is 13.8 Å². The molecule has 0 bridgehead atoms. The van der Waals surface area contributed by atoms with Crippen molar-refractivity contribution in [2.75, 3.05) is 0 Å². The molecule has 0 spiro atoms. The summed E-state index contributed by atoms with van der Waals surface area (Å²) < 4.78 is 0. The highest BCUT2D eigenvalue weighted by atomic mass is 32.2. The van der Waals surface area contributed by atoms with E-state index in [2.05, 4.69) is 154 Å². The molecule has 2 nitrogen and oxygen atoms in total. The Labute approximate surface area is 301 Å². The highest BCUT2D eigenvalue weighted by molar-refractivity contribution is 8.14. The van der Waals surface area contributed by atoms with Gasteiger partial charge in [0.15, 0.2) is 10.2 Å². The lowest BCUT2D eigenvalue weighted by Gasteiger charge is -2.36. The van der Waals surface area contributed by atoms with Crippen molar-refractivity contribution in [1.82, 2.24) is 0 Å². The predicted molar refractivity (Wildman–Crippen MR) is 216 cm³/mol. The van der Waals surface area contributed by atoms with Crippen molar-refractivity contribution in [3.8, 4) is 0 Å². The quantitative estimate of drug-likeness (QED) is 0.192. The maximum absolute atomic E-state index is 11.7. The van der Waals surface area contributed by atoms with Gasteiger partial charge in [-0.25, -0.2) is 0 Å². The van der Waals surface area contributed by atoms with Gasteiger partial charge in [-0.15, -0.1) is 0 Å². The zero-order valence-corrected chi connectivity index (χ0v) is 33.3. The monoisotopic (exact) mass is 684 g/mol. The summed E-state index contributed by atoms with van der Waals surface area (Å²) in [7, 11) is 0. The minimum Gasteiger partial charge on any atom is -0.288 e. The lowest BCUT2D eigenvalue weighted by Crippen LogP contribution is -2.26. The van der Waals surface area contributed by atoms with Crippen LogP contribution in [0.2, 0.25) is 0 Å². The topological polar surface area (TPSA) is 34.1 Å². The number of carbonyl (C=O) groups is 2. The largest absolute Gasteiger partial charge is 0.288 e. The molecule has 0 aliphatic heterocycles. The molecule has 2 aliphatic carbocycles. The Kier molecular flexibility index (Phi) is 16.7. The fourth-order valence-corrected chi connectivity index (χ4v) is 8.16. The van der Waals surface area contributed by atoms with E-state index < -0.39 is 0 Å². The molecular formula is C44H60O2S2. The zero-order valence-electron chi connectivity index (χ0n) is 31.7. The first-order chi connectivity index (χ1) is 22.4. The Morgan fingerprint density at radius 3 is 1.19 bits per heavy atom. The first-order valence-corrected chi connectivity index (χ1v) is 19.0. The molecule has 0 saturated heterocycles. The molecule has 4 heteroatoms. The Hall–Kier alpha value is -2.82. The van der Waals surface area contributed by atoms with Gasteiger partial charge in [-0.2, -0.15) is 0 Å². The van der Waals surface area contributed by atoms with Crippen LogP contribution in [0.1, 0.15) is 109 Å². The van der Waals surface area contributed by atoms with Crippen LogP contribution in [-0.4, -0.2) is 20.7 Å². The molecule has 0 fully saturated rings. The lowest BCUT2D eigenvalue weighted by molar-refractivity contribution is -0.110. The van der Waals surface area contributed by atoms with Crippen molar-refractivity contribution in [1.29, 1.82) is 0 Å². The van der Waals surface area contributed by atoms with Gasteiger partial charge in [0.2, 0.25) is 0 Å². The zero-order chi connectivity index (χ0) is 36.1. The van der Waals surface area contributed by atoms with Crippen LogP contribution in [0.25, 0.3) is 0 Å². The number of thioether (sulfide) groups is 2. The Morgan fingerprint density at radius 2 is 0.854 bits per heavy atom. The standard InChI is InChI=1S/C44H60O2S2/c1-31(19-15-21-33(3)23-25-39-35(5)41(47-37(7)45)27-29-43(39,9)10)17-13-14-18-32(2)20-16-22-34(4)24-26-40-36(6)42(48-38(8)46)28-30-44(40,11)12/h13-26,41-42H,27-30H2,1-12H3/b14-13+,19-15+,20-16+,25-23+,26-24+,31-17+,32-18+,33-21-,34-22+. The maximum atomic E-state index is 11.7. The van der Waals surface area contributed by atoms with Gasteiger partial charge >= 0.3 is 0 Å². The smallest absolute Gasteiger partial charge is 0.186 e.